The summed E-state index contributed by atoms with van der Waals surface area (Å²) >= 11 is 0. The summed E-state index contributed by atoms with van der Waals surface area (Å²) in [5, 5.41) is 4.01. The molecule has 8 nitrogen and oxygen atoms in total. The molecule has 2 saturated heterocycles. The van der Waals surface area contributed by atoms with E-state index in [1.807, 2.05) is 60.7 Å². The summed E-state index contributed by atoms with van der Waals surface area (Å²) in [6.07, 6.45) is 1.95. The molecule has 2 aliphatic carbocycles. The molecule has 0 saturated carbocycles. The maximum Gasteiger partial charge on any atom is 0.137 e. The van der Waals surface area contributed by atoms with Crippen molar-refractivity contribution in [3.8, 4) is 44.9 Å². The van der Waals surface area contributed by atoms with Crippen molar-refractivity contribution in [2.45, 2.75) is 37.5 Å². The minimum Gasteiger partial charge on any atom is -0.493 e. The Morgan fingerprint density at radius 1 is 0.324 bits per heavy atom. The third-order valence-corrected chi connectivity index (χ3v) is 23.8. The SMILES string of the molecule is CCC1(COc2ccc(C3(c4ccc(F)cc4)c4ccccc4-c4ccc(N(c5ccc(-c6ccc(N(c7ccc8c(c7)C(c7ccc(F)cc7)(c7ccc(OCC9(CC)COC9)cc7)c7ccccc7-8)c7cccc8oc9ccccc9c78)cc6)cc5)c5cccc6oc7ccccc7c56)cc43)cc2)COC1. The molecule has 108 heavy (non-hydrogen) atoms. The van der Waals surface area contributed by atoms with E-state index in [1.54, 1.807) is 24.3 Å². The highest BCUT2D eigenvalue weighted by atomic mass is 19.1. The Hall–Kier alpha value is -12.3. The normalized spacial score (nSPS) is 17.0. The number of rotatable bonds is 19. The van der Waals surface area contributed by atoms with Crippen molar-refractivity contribution in [1.82, 2.24) is 0 Å². The number of hydrogen-bond donors (Lipinski definition) is 0. The van der Waals surface area contributed by atoms with E-state index in [0.29, 0.717) is 39.6 Å². The number of benzene rings is 14. The Kier molecular flexibility index (Phi) is 15.5. The van der Waals surface area contributed by atoms with E-state index in [9.17, 15) is 0 Å². The van der Waals surface area contributed by atoms with E-state index >= 15 is 8.78 Å². The summed E-state index contributed by atoms with van der Waals surface area (Å²) in [7, 11) is 0. The van der Waals surface area contributed by atoms with Crippen molar-refractivity contribution in [3.63, 3.8) is 0 Å². The summed E-state index contributed by atoms with van der Waals surface area (Å²) in [4.78, 5) is 4.71. The molecule has 4 aliphatic rings. The zero-order valence-corrected chi connectivity index (χ0v) is 59.8. The number of ether oxygens (including phenoxy) is 4. The van der Waals surface area contributed by atoms with Crippen LogP contribution in [-0.4, -0.2) is 39.6 Å². The minimum absolute atomic E-state index is 0.0121. The fraction of sp³-hybridized carbons (Fsp3) is 0.143. The standard InChI is InChI=1S/C98H74F2N2O6/c1-3-95(57-103-58-95)61-105-75-49-35-67(36-50-75)97(65-31-39-69(99)40-32-65)83-19-9-5-15-77(83)79-53-47-73(55-85(79)97)101(87-21-13-25-91-93(87)81-17-7-11-23-89(81)107-91)71-43-27-63(28-44-71)64-29-45-72(46-30-64)102(88-22-14-26-92-94(88)82-18-8-12-24-90(82)108-92)74-48-54-80-78-16-6-10-20-84(78)98(86(80)56-74,66-33-41-70(100)42-34-66)68-37-51-76(52-38-68)106-62-96(4-2)59-104-60-96/h5-56H,3-4,57-62H2,1-2H3. The fourth-order valence-electron chi connectivity index (χ4n) is 17.8. The summed E-state index contributed by atoms with van der Waals surface area (Å²) in [6.45, 7) is 8.33. The number of anilines is 6. The number of fused-ring (bicyclic) bond motifs is 12. The second-order valence-corrected chi connectivity index (χ2v) is 29.6. The van der Waals surface area contributed by atoms with Gasteiger partial charge in [0.1, 0.15) is 45.5 Å². The molecule has 10 heteroatoms. The van der Waals surface area contributed by atoms with Crippen LogP contribution in [0.25, 0.3) is 77.3 Å². The van der Waals surface area contributed by atoms with Gasteiger partial charge >= 0.3 is 0 Å². The molecule has 16 aromatic rings. The van der Waals surface area contributed by atoms with Gasteiger partial charge < -0.3 is 37.6 Å². The Labute approximate surface area is 625 Å². The lowest BCUT2D eigenvalue weighted by molar-refractivity contribution is -0.133. The van der Waals surface area contributed by atoms with Crippen LogP contribution in [0.5, 0.6) is 11.5 Å². The van der Waals surface area contributed by atoms with Gasteiger partial charge in [0.2, 0.25) is 0 Å². The monoisotopic (exact) mass is 1410 g/mol. The predicted molar refractivity (Wildman–Crippen MR) is 428 cm³/mol. The number of furan rings is 2. The van der Waals surface area contributed by atoms with Gasteiger partial charge in [-0.1, -0.05) is 196 Å². The summed E-state index contributed by atoms with van der Waals surface area (Å²) in [6, 6.07) is 109. The molecule has 2 atom stereocenters. The van der Waals surface area contributed by atoms with Crippen molar-refractivity contribution in [1.29, 1.82) is 0 Å². The van der Waals surface area contributed by atoms with Gasteiger partial charge in [0.15, 0.2) is 0 Å². The number of nitrogens with zero attached hydrogens (tertiary/aromatic N) is 2. The van der Waals surface area contributed by atoms with E-state index in [-0.39, 0.29) is 22.5 Å². The third-order valence-electron chi connectivity index (χ3n) is 23.8. The number of para-hydroxylation sites is 2. The van der Waals surface area contributed by atoms with Gasteiger partial charge in [-0.25, -0.2) is 8.78 Å². The van der Waals surface area contributed by atoms with Gasteiger partial charge in [0.05, 0.1) is 83.4 Å². The van der Waals surface area contributed by atoms with Crippen LogP contribution in [0.3, 0.4) is 0 Å². The molecule has 0 spiro atoms. The highest BCUT2D eigenvalue weighted by Gasteiger charge is 2.49. The summed E-state index contributed by atoms with van der Waals surface area (Å²) in [5.41, 5.74) is 21.9. The van der Waals surface area contributed by atoms with Crippen LogP contribution in [-0.2, 0) is 20.3 Å². The Balaban J connectivity index is 0.712. The lowest BCUT2D eigenvalue weighted by atomic mass is 9.67. The molecule has 14 aromatic carbocycles. The highest BCUT2D eigenvalue weighted by molar-refractivity contribution is 6.15. The van der Waals surface area contributed by atoms with Gasteiger partial charge in [0, 0.05) is 33.5 Å². The average molecular weight is 1410 g/mol. The smallest absolute Gasteiger partial charge is 0.137 e. The van der Waals surface area contributed by atoms with Crippen LogP contribution in [0.4, 0.5) is 42.9 Å². The topological polar surface area (TPSA) is 69.7 Å². The summed E-state index contributed by atoms with van der Waals surface area (Å²) in [5.74, 6) is 0.980. The zero-order chi connectivity index (χ0) is 72.3. The largest absolute Gasteiger partial charge is 0.493 e. The number of hydrogen-bond acceptors (Lipinski definition) is 8. The van der Waals surface area contributed by atoms with Crippen LogP contribution < -0.4 is 19.3 Å². The van der Waals surface area contributed by atoms with Gasteiger partial charge in [-0.15, -0.1) is 0 Å². The predicted octanol–water partition coefficient (Wildman–Crippen LogP) is 24.7. The maximum absolute atomic E-state index is 15.3. The second kappa shape index (κ2) is 25.7. The van der Waals surface area contributed by atoms with Crippen molar-refractivity contribution in [2.75, 3.05) is 49.4 Å². The van der Waals surface area contributed by atoms with Crippen LogP contribution >= 0.6 is 0 Å². The molecule has 2 aliphatic heterocycles. The zero-order valence-electron chi connectivity index (χ0n) is 59.8. The minimum atomic E-state index is -0.862. The van der Waals surface area contributed by atoms with Crippen LogP contribution in [0, 0.1) is 22.5 Å². The maximum atomic E-state index is 15.3. The highest BCUT2D eigenvalue weighted by Crippen LogP contribution is 2.60. The molecule has 2 aromatic heterocycles. The molecule has 0 N–H and O–H groups in total. The lowest BCUT2D eigenvalue weighted by Crippen LogP contribution is -2.46. The van der Waals surface area contributed by atoms with Crippen LogP contribution in [0.15, 0.2) is 324 Å². The first-order chi connectivity index (χ1) is 53.1. The average Bonchev–Trinajstić information content (AvgIpc) is 1.54. The first-order valence-corrected chi connectivity index (χ1v) is 37.4. The number of halogens is 2. The molecular formula is C98H74F2N2O6. The molecule has 20 rings (SSSR count). The molecule has 0 amide bonds. The molecular weight excluding hydrogens is 1340 g/mol. The van der Waals surface area contributed by atoms with Crippen molar-refractivity contribution in [2.24, 2.45) is 10.8 Å². The van der Waals surface area contributed by atoms with Gasteiger partial charge in [-0.3, -0.25) is 0 Å². The van der Waals surface area contributed by atoms with Crippen LogP contribution in [0.2, 0.25) is 0 Å². The Bertz CT molecular complexity index is 5750. The quantitative estimate of drug-likeness (QED) is 0.0793. The molecule has 4 heterocycles. The van der Waals surface area contributed by atoms with Crippen molar-refractivity contribution in [3.05, 3.63) is 372 Å². The van der Waals surface area contributed by atoms with Crippen LogP contribution in [0.1, 0.15) is 71.2 Å². The molecule has 526 valence electrons. The molecule has 0 radical (unpaired) electrons. The van der Waals surface area contributed by atoms with Gasteiger partial charge in [-0.05, 0) is 224 Å². The fourth-order valence-corrected chi connectivity index (χ4v) is 17.8. The first kappa shape index (κ1) is 65.2. The van der Waals surface area contributed by atoms with Crippen molar-refractivity contribution >= 4 is 78.0 Å². The van der Waals surface area contributed by atoms with Gasteiger partial charge in [-0.2, -0.15) is 0 Å². The van der Waals surface area contributed by atoms with E-state index in [0.717, 1.165) is 180 Å². The third kappa shape index (κ3) is 10.3. The van der Waals surface area contributed by atoms with E-state index in [4.69, 9.17) is 27.8 Å². The Morgan fingerprint density at radius 2 is 0.667 bits per heavy atom. The van der Waals surface area contributed by atoms with Gasteiger partial charge in [0.25, 0.3) is 0 Å². The first-order valence-electron chi connectivity index (χ1n) is 37.4. The summed E-state index contributed by atoms with van der Waals surface area (Å²) < 4.78 is 68.4. The van der Waals surface area contributed by atoms with E-state index in [2.05, 4.69) is 254 Å². The van der Waals surface area contributed by atoms with E-state index < -0.39 is 10.8 Å². The molecule has 0 bridgehead atoms. The van der Waals surface area contributed by atoms with Crippen molar-refractivity contribution < 1.29 is 36.6 Å². The van der Waals surface area contributed by atoms with E-state index in [1.165, 1.54) is 0 Å². The Morgan fingerprint density at radius 3 is 1.05 bits per heavy atom. The second-order valence-electron chi connectivity index (χ2n) is 29.6. The molecule has 2 unspecified atom stereocenters. The molecule has 2 fully saturated rings. The lowest BCUT2D eigenvalue weighted by Gasteiger charge is -2.40.